The van der Waals surface area contributed by atoms with E-state index in [9.17, 15) is 0 Å². The number of halogens is 1. The first-order valence-electron chi connectivity index (χ1n) is 6.79. The monoisotopic (exact) mass is 290 g/mol. The van der Waals surface area contributed by atoms with E-state index in [1.165, 1.54) is 0 Å². The minimum atomic E-state index is 0.559. The van der Waals surface area contributed by atoms with Crippen molar-refractivity contribution in [2.75, 3.05) is 11.9 Å². The molecule has 1 heterocycles. The quantitative estimate of drug-likeness (QED) is 0.827. The van der Waals surface area contributed by atoms with Gasteiger partial charge in [-0.1, -0.05) is 36.7 Å². The second kappa shape index (κ2) is 7.88. The molecule has 3 nitrogen and oxygen atoms in total. The van der Waals surface area contributed by atoms with Crippen LogP contribution in [0.1, 0.15) is 24.5 Å². The van der Waals surface area contributed by atoms with Crippen molar-refractivity contribution in [2.24, 2.45) is 0 Å². The van der Waals surface area contributed by atoms with Gasteiger partial charge in [0.15, 0.2) is 0 Å². The van der Waals surface area contributed by atoms with Gasteiger partial charge in [0.05, 0.1) is 13.2 Å². The lowest BCUT2D eigenvalue weighted by Gasteiger charge is -2.06. The van der Waals surface area contributed by atoms with Crippen molar-refractivity contribution in [3.05, 3.63) is 58.7 Å². The topological polar surface area (TPSA) is 34.1 Å². The lowest BCUT2D eigenvalue weighted by atomic mass is 10.2. The summed E-state index contributed by atoms with van der Waals surface area (Å²) in [6.07, 6.45) is 2.94. The highest BCUT2D eigenvalue weighted by Crippen LogP contribution is 2.12. The summed E-state index contributed by atoms with van der Waals surface area (Å²) in [5, 5.41) is 3.99. The predicted octanol–water partition coefficient (Wildman–Crippen LogP) is 4.27. The van der Waals surface area contributed by atoms with Crippen LogP contribution >= 0.6 is 11.6 Å². The fourth-order valence-corrected chi connectivity index (χ4v) is 1.86. The molecule has 1 aromatic carbocycles. The van der Waals surface area contributed by atoms with Crippen LogP contribution in [-0.4, -0.2) is 11.5 Å². The van der Waals surface area contributed by atoms with Crippen LogP contribution in [0, 0.1) is 0 Å². The molecule has 0 saturated heterocycles. The smallest absolute Gasteiger partial charge is 0.125 e. The molecule has 0 saturated carbocycles. The molecule has 0 radical (unpaired) electrons. The number of hydrogen-bond acceptors (Lipinski definition) is 3. The third-order valence-electron chi connectivity index (χ3n) is 2.83. The molecule has 106 valence electrons. The van der Waals surface area contributed by atoms with Gasteiger partial charge in [0.25, 0.3) is 0 Å². The van der Waals surface area contributed by atoms with E-state index in [2.05, 4.69) is 17.2 Å². The lowest BCUT2D eigenvalue weighted by molar-refractivity contribution is 0.107. The molecule has 0 bridgehead atoms. The van der Waals surface area contributed by atoms with Crippen molar-refractivity contribution in [3.8, 4) is 0 Å². The lowest BCUT2D eigenvalue weighted by Crippen LogP contribution is -2.02. The van der Waals surface area contributed by atoms with Gasteiger partial charge in [-0.3, -0.25) is 0 Å². The highest BCUT2D eigenvalue weighted by molar-refractivity contribution is 6.30. The summed E-state index contributed by atoms with van der Waals surface area (Å²) in [5.41, 5.74) is 2.18. The maximum atomic E-state index is 5.84. The first-order valence-corrected chi connectivity index (χ1v) is 7.16. The molecule has 1 N–H and O–H groups in total. The summed E-state index contributed by atoms with van der Waals surface area (Å²) < 4.78 is 5.66. The van der Waals surface area contributed by atoms with Gasteiger partial charge in [0, 0.05) is 17.8 Å². The van der Waals surface area contributed by atoms with Crippen molar-refractivity contribution < 1.29 is 4.74 Å². The Kier molecular flexibility index (Phi) is 5.84. The third kappa shape index (κ3) is 4.83. The number of hydrogen-bond donors (Lipinski definition) is 1. The van der Waals surface area contributed by atoms with Crippen molar-refractivity contribution in [2.45, 2.75) is 26.6 Å². The second-order valence-electron chi connectivity index (χ2n) is 4.60. The molecule has 0 atom stereocenters. The third-order valence-corrected chi connectivity index (χ3v) is 3.08. The first kappa shape index (κ1) is 14.8. The zero-order valence-electron chi connectivity index (χ0n) is 11.6. The number of ether oxygens (including phenoxy) is 1. The summed E-state index contributed by atoms with van der Waals surface area (Å²) >= 11 is 5.84. The normalized spacial score (nSPS) is 10.5. The summed E-state index contributed by atoms with van der Waals surface area (Å²) in [6, 6.07) is 11.7. The van der Waals surface area contributed by atoms with E-state index in [1.807, 2.05) is 42.6 Å². The fraction of sp³-hybridized carbons (Fsp3) is 0.312. The molecule has 0 aliphatic heterocycles. The molecule has 2 aromatic rings. The van der Waals surface area contributed by atoms with Crippen molar-refractivity contribution in [3.63, 3.8) is 0 Å². The van der Waals surface area contributed by atoms with Gasteiger partial charge in [-0.15, -0.1) is 0 Å². The minimum absolute atomic E-state index is 0.559. The molecule has 0 fully saturated rings. The van der Waals surface area contributed by atoms with E-state index in [-0.39, 0.29) is 0 Å². The van der Waals surface area contributed by atoms with Crippen LogP contribution in [0.15, 0.2) is 42.6 Å². The molecule has 2 rings (SSSR count). The average Bonchev–Trinajstić information content (AvgIpc) is 2.48. The molecule has 4 heteroatoms. The number of anilines is 1. The Morgan fingerprint density at radius 1 is 1.05 bits per heavy atom. The van der Waals surface area contributed by atoms with Crippen LogP contribution in [0.4, 0.5) is 5.82 Å². The Labute approximate surface area is 124 Å². The van der Waals surface area contributed by atoms with Crippen LogP contribution in [0.25, 0.3) is 0 Å². The molecular weight excluding hydrogens is 272 g/mol. The highest BCUT2D eigenvalue weighted by Gasteiger charge is 1.98. The second-order valence-corrected chi connectivity index (χ2v) is 5.03. The van der Waals surface area contributed by atoms with E-state index < -0.39 is 0 Å². The highest BCUT2D eigenvalue weighted by atomic mass is 35.5. The standard InChI is InChI=1S/C16H19ClN2O/c1-2-9-18-16-8-5-14(10-19-16)12-20-11-13-3-6-15(17)7-4-13/h3-8,10H,2,9,11-12H2,1H3,(H,18,19). The number of pyridine rings is 1. The van der Waals surface area contributed by atoms with E-state index in [0.29, 0.717) is 13.2 Å². The summed E-state index contributed by atoms with van der Waals surface area (Å²) in [5.74, 6) is 0.910. The number of rotatable bonds is 7. The molecule has 0 spiro atoms. The average molecular weight is 291 g/mol. The van der Waals surface area contributed by atoms with Crippen LogP contribution in [0.3, 0.4) is 0 Å². The van der Waals surface area contributed by atoms with E-state index in [4.69, 9.17) is 16.3 Å². The van der Waals surface area contributed by atoms with Gasteiger partial charge in [-0.05, 0) is 35.7 Å². The summed E-state index contributed by atoms with van der Waals surface area (Å²) in [6.45, 7) is 4.21. The van der Waals surface area contributed by atoms with Crippen LogP contribution in [0.2, 0.25) is 5.02 Å². The summed E-state index contributed by atoms with van der Waals surface area (Å²) in [7, 11) is 0. The minimum Gasteiger partial charge on any atom is -0.372 e. The van der Waals surface area contributed by atoms with Gasteiger partial charge in [-0.2, -0.15) is 0 Å². The molecule has 0 amide bonds. The van der Waals surface area contributed by atoms with Crippen LogP contribution < -0.4 is 5.32 Å². The van der Waals surface area contributed by atoms with E-state index in [1.54, 1.807) is 0 Å². The largest absolute Gasteiger partial charge is 0.372 e. The Balaban J connectivity index is 1.77. The Hall–Kier alpha value is -1.58. The molecule has 1 aromatic heterocycles. The van der Waals surface area contributed by atoms with Crippen LogP contribution in [0.5, 0.6) is 0 Å². The van der Waals surface area contributed by atoms with E-state index in [0.717, 1.165) is 34.9 Å². The number of nitrogens with zero attached hydrogens (tertiary/aromatic N) is 1. The Bertz CT molecular complexity index is 511. The molecular formula is C16H19ClN2O. The van der Waals surface area contributed by atoms with E-state index >= 15 is 0 Å². The maximum Gasteiger partial charge on any atom is 0.125 e. The zero-order chi connectivity index (χ0) is 14.2. The predicted molar refractivity (Wildman–Crippen MR) is 83.0 cm³/mol. The summed E-state index contributed by atoms with van der Waals surface area (Å²) in [4.78, 5) is 4.34. The van der Waals surface area contributed by atoms with Gasteiger partial charge in [-0.25, -0.2) is 4.98 Å². The van der Waals surface area contributed by atoms with Gasteiger partial charge in [0.1, 0.15) is 5.82 Å². The van der Waals surface area contributed by atoms with Gasteiger partial charge in [0.2, 0.25) is 0 Å². The molecule has 0 aliphatic carbocycles. The van der Waals surface area contributed by atoms with Gasteiger partial charge >= 0.3 is 0 Å². The van der Waals surface area contributed by atoms with Crippen molar-refractivity contribution in [1.82, 2.24) is 4.98 Å². The van der Waals surface area contributed by atoms with Crippen LogP contribution in [-0.2, 0) is 18.0 Å². The first-order chi connectivity index (χ1) is 9.78. The SMILES string of the molecule is CCCNc1ccc(COCc2ccc(Cl)cc2)cn1. The molecule has 0 aliphatic rings. The number of nitrogens with one attached hydrogen (secondary N) is 1. The Morgan fingerprint density at radius 2 is 1.75 bits per heavy atom. The number of aromatic nitrogens is 1. The van der Waals surface area contributed by atoms with Crippen molar-refractivity contribution in [1.29, 1.82) is 0 Å². The maximum absolute atomic E-state index is 5.84. The van der Waals surface area contributed by atoms with Crippen molar-refractivity contribution >= 4 is 17.4 Å². The Morgan fingerprint density at radius 3 is 2.40 bits per heavy atom. The van der Waals surface area contributed by atoms with Gasteiger partial charge < -0.3 is 10.1 Å². The number of benzene rings is 1. The molecule has 20 heavy (non-hydrogen) atoms. The molecule has 0 unspecified atom stereocenters. The zero-order valence-corrected chi connectivity index (χ0v) is 12.4. The fourth-order valence-electron chi connectivity index (χ4n) is 1.73.